The molecule has 0 aliphatic carbocycles. The lowest BCUT2D eigenvalue weighted by Crippen LogP contribution is -2.33. The second kappa shape index (κ2) is 8.05. The van der Waals surface area contributed by atoms with Gasteiger partial charge in [0.05, 0.1) is 24.5 Å². The summed E-state index contributed by atoms with van der Waals surface area (Å²) in [6.45, 7) is 4.18. The van der Waals surface area contributed by atoms with Crippen LogP contribution in [0.4, 0.5) is 16.0 Å². The molecule has 0 spiro atoms. The first-order chi connectivity index (χ1) is 15.9. The molecule has 3 aromatic heterocycles. The number of amides is 1. The number of nitrogen functional groups attached to an aromatic ring is 1. The van der Waals surface area contributed by atoms with E-state index in [1.165, 1.54) is 16.8 Å². The average Bonchev–Trinajstić information content (AvgIpc) is 3.22. The zero-order valence-corrected chi connectivity index (χ0v) is 18.1. The molecule has 2 bridgehead atoms. The molecule has 4 N–H and O–H groups in total. The molecule has 10 heteroatoms. The molecule has 1 atom stereocenters. The molecule has 1 aromatic carbocycles. The first-order valence-corrected chi connectivity index (χ1v) is 10.5. The van der Waals surface area contributed by atoms with Crippen molar-refractivity contribution in [1.82, 2.24) is 24.9 Å². The lowest BCUT2D eigenvalue weighted by atomic mass is 10.0. The Labute approximate surface area is 188 Å². The molecule has 4 aromatic rings. The van der Waals surface area contributed by atoms with E-state index in [0.29, 0.717) is 28.4 Å². The third kappa shape index (κ3) is 3.79. The Kier molecular flexibility index (Phi) is 5.04. The Morgan fingerprint density at radius 1 is 1.21 bits per heavy atom. The number of fused-ring (bicyclic) bond motifs is 2. The Balaban J connectivity index is 1.71. The van der Waals surface area contributed by atoms with Gasteiger partial charge in [-0.1, -0.05) is 29.8 Å². The summed E-state index contributed by atoms with van der Waals surface area (Å²) in [5.41, 5.74) is 10.2. The first kappa shape index (κ1) is 20.7. The van der Waals surface area contributed by atoms with Gasteiger partial charge in [-0.15, -0.1) is 0 Å². The van der Waals surface area contributed by atoms with Crippen molar-refractivity contribution in [1.29, 1.82) is 0 Å². The number of halogens is 1. The van der Waals surface area contributed by atoms with Gasteiger partial charge < -0.3 is 21.1 Å². The van der Waals surface area contributed by atoms with Gasteiger partial charge in [0.2, 0.25) is 5.88 Å². The van der Waals surface area contributed by atoms with Gasteiger partial charge in [0.15, 0.2) is 5.65 Å². The number of rotatable bonds is 1. The maximum absolute atomic E-state index is 14.0. The maximum Gasteiger partial charge on any atom is 0.256 e. The van der Waals surface area contributed by atoms with Crippen LogP contribution in [0.3, 0.4) is 0 Å². The average molecular weight is 447 g/mol. The van der Waals surface area contributed by atoms with Crippen molar-refractivity contribution in [3.8, 4) is 17.0 Å². The van der Waals surface area contributed by atoms with Gasteiger partial charge in [-0.25, -0.2) is 14.4 Å². The quantitative estimate of drug-likeness (QED) is 0.410. The van der Waals surface area contributed by atoms with Crippen LogP contribution in [0.25, 0.3) is 16.8 Å². The fraction of sp³-hybridized carbons (Fsp3) is 0.217. The number of pyridine rings is 1. The van der Waals surface area contributed by atoms with Gasteiger partial charge in [0, 0.05) is 12.1 Å². The Hall–Kier alpha value is -4.21. The normalized spacial score (nSPS) is 16.1. The lowest BCUT2D eigenvalue weighted by molar-refractivity contribution is 0.0932. The number of aromatic nitrogens is 4. The van der Waals surface area contributed by atoms with E-state index in [4.69, 9.17) is 15.5 Å². The predicted molar refractivity (Wildman–Crippen MR) is 122 cm³/mol. The molecule has 4 heterocycles. The van der Waals surface area contributed by atoms with E-state index in [9.17, 15) is 9.18 Å². The highest BCUT2D eigenvalue weighted by Crippen LogP contribution is 2.34. The van der Waals surface area contributed by atoms with Crippen molar-refractivity contribution in [3.05, 3.63) is 65.2 Å². The smallest absolute Gasteiger partial charge is 0.256 e. The first-order valence-electron chi connectivity index (χ1n) is 10.5. The van der Waals surface area contributed by atoms with Gasteiger partial charge in [-0.05, 0) is 25.5 Å². The molecular formula is C23H22FN7O2. The molecule has 0 radical (unpaired) electrons. The van der Waals surface area contributed by atoms with Crippen molar-refractivity contribution >= 4 is 23.2 Å². The lowest BCUT2D eigenvalue weighted by Gasteiger charge is -2.18. The highest BCUT2D eigenvalue weighted by molar-refractivity contribution is 6.01. The van der Waals surface area contributed by atoms with Crippen molar-refractivity contribution in [2.75, 3.05) is 17.6 Å². The van der Waals surface area contributed by atoms with Crippen molar-refractivity contribution in [3.63, 3.8) is 0 Å². The zero-order valence-electron chi connectivity index (χ0n) is 18.1. The Bertz CT molecular complexity index is 1370. The largest absolute Gasteiger partial charge is 0.473 e. The second-order valence-corrected chi connectivity index (χ2v) is 7.99. The molecule has 168 valence electrons. The Morgan fingerprint density at radius 3 is 2.79 bits per heavy atom. The van der Waals surface area contributed by atoms with E-state index in [2.05, 4.69) is 20.7 Å². The van der Waals surface area contributed by atoms with E-state index in [0.717, 1.165) is 17.3 Å². The number of hydrogen-bond donors (Lipinski definition) is 3. The molecule has 1 amide bonds. The standard InChI is InChI=1S/C23H22FN7O2/c1-12-3-5-14(6-4-12)18-19(25)31-21-17(11-29-31)22(32)27-8-13(2)33-23-15(7-16(24)10-28-23)9-26-20(18)30-21/h3-7,10-11,13H,8-9,25H2,1-2H3,(H,26,30)(H,27,32)/t13-/m0/s1. The van der Waals surface area contributed by atoms with Crippen LogP contribution >= 0.6 is 0 Å². The number of benzene rings is 1. The molecule has 0 saturated heterocycles. The molecule has 33 heavy (non-hydrogen) atoms. The number of ether oxygens (including phenoxy) is 1. The summed E-state index contributed by atoms with van der Waals surface area (Å²) in [6, 6.07) is 9.17. The van der Waals surface area contributed by atoms with Gasteiger partial charge in [0.25, 0.3) is 5.91 Å². The number of hydrogen-bond acceptors (Lipinski definition) is 7. The summed E-state index contributed by atoms with van der Waals surface area (Å²) in [5.74, 6) is 0.194. The zero-order chi connectivity index (χ0) is 23.1. The third-order valence-electron chi connectivity index (χ3n) is 5.47. The molecule has 0 unspecified atom stereocenters. The number of nitrogens with zero attached hydrogens (tertiary/aromatic N) is 4. The fourth-order valence-corrected chi connectivity index (χ4v) is 3.75. The number of aryl methyl sites for hydroxylation is 1. The topological polar surface area (TPSA) is 119 Å². The highest BCUT2D eigenvalue weighted by atomic mass is 19.1. The predicted octanol–water partition coefficient (Wildman–Crippen LogP) is 2.94. The van der Waals surface area contributed by atoms with E-state index in [1.54, 1.807) is 6.92 Å². The third-order valence-corrected chi connectivity index (χ3v) is 5.47. The number of nitrogens with one attached hydrogen (secondary N) is 2. The molecule has 1 aliphatic rings. The van der Waals surface area contributed by atoms with Gasteiger partial charge in [-0.2, -0.15) is 9.61 Å². The highest BCUT2D eigenvalue weighted by Gasteiger charge is 2.23. The number of nitrogens with two attached hydrogens (primary N) is 1. The molecular weight excluding hydrogens is 425 g/mol. The van der Waals surface area contributed by atoms with Crippen LogP contribution in [0.1, 0.15) is 28.4 Å². The van der Waals surface area contributed by atoms with Crippen LogP contribution in [0.2, 0.25) is 0 Å². The molecule has 0 fully saturated rings. The van der Waals surface area contributed by atoms with Crippen LogP contribution in [-0.2, 0) is 6.54 Å². The van der Waals surface area contributed by atoms with Crippen LogP contribution in [-0.4, -0.2) is 38.1 Å². The Morgan fingerprint density at radius 2 is 2.00 bits per heavy atom. The summed E-state index contributed by atoms with van der Waals surface area (Å²) in [4.78, 5) is 21.6. The maximum atomic E-state index is 14.0. The van der Waals surface area contributed by atoms with Crippen LogP contribution in [0.15, 0.2) is 42.7 Å². The minimum atomic E-state index is -0.482. The van der Waals surface area contributed by atoms with Gasteiger partial charge >= 0.3 is 0 Å². The van der Waals surface area contributed by atoms with E-state index >= 15 is 0 Å². The van der Waals surface area contributed by atoms with Crippen LogP contribution < -0.4 is 21.1 Å². The fourth-order valence-electron chi connectivity index (χ4n) is 3.75. The summed E-state index contributed by atoms with van der Waals surface area (Å²) in [6.07, 6.45) is 2.13. The molecule has 5 rings (SSSR count). The monoisotopic (exact) mass is 447 g/mol. The van der Waals surface area contributed by atoms with E-state index < -0.39 is 11.9 Å². The number of anilines is 2. The summed E-state index contributed by atoms with van der Waals surface area (Å²) >= 11 is 0. The van der Waals surface area contributed by atoms with Crippen LogP contribution in [0, 0.1) is 12.7 Å². The van der Waals surface area contributed by atoms with Gasteiger partial charge in [0.1, 0.15) is 29.1 Å². The van der Waals surface area contributed by atoms with Crippen LogP contribution in [0.5, 0.6) is 5.88 Å². The number of carbonyl (C=O) groups excluding carboxylic acids is 1. The minimum absolute atomic E-state index is 0.180. The minimum Gasteiger partial charge on any atom is -0.473 e. The van der Waals surface area contributed by atoms with Gasteiger partial charge in [-0.3, -0.25) is 4.79 Å². The molecule has 1 aliphatic heterocycles. The summed E-state index contributed by atoms with van der Waals surface area (Å²) in [5, 5.41) is 10.4. The number of carbonyl (C=O) groups is 1. The SMILES string of the molecule is Cc1ccc(-c2c3nc4c(cnn4c2N)C(=O)NC[C@H](C)Oc2ncc(F)cc2CN3)cc1. The van der Waals surface area contributed by atoms with Crippen molar-refractivity contribution in [2.24, 2.45) is 0 Å². The van der Waals surface area contributed by atoms with Crippen molar-refractivity contribution < 1.29 is 13.9 Å². The molecule has 0 saturated carbocycles. The van der Waals surface area contributed by atoms with E-state index in [-0.39, 0.29) is 30.4 Å². The second-order valence-electron chi connectivity index (χ2n) is 7.99. The summed E-state index contributed by atoms with van der Waals surface area (Å²) < 4.78 is 21.3. The van der Waals surface area contributed by atoms with E-state index in [1.807, 2.05) is 31.2 Å². The van der Waals surface area contributed by atoms with Crippen molar-refractivity contribution in [2.45, 2.75) is 26.5 Å². The molecule has 9 nitrogen and oxygen atoms in total. The summed E-state index contributed by atoms with van der Waals surface area (Å²) in [7, 11) is 0.